The molecule has 1 fully saturated rings. The lowest BCUT2D eigenvalue weighted by Gasteiger charge is -2.20. The number of nitrogens with zero attached hydrogens (tertiary/aromatic N) is 1. The minimum absolute atomic E-state index is 0. The molecule has 0 radical (unpaired) electrons. The van der Waals surface area contributed by atoms with Crippen LogP contribution in [0, 0.1) is 5.41 Å². The zero-order valence-electron chi connectivity index (χ0n) is 16.0. The Kier molecular flexibility index (Phi) is 7.84. The smallest absolute Gasteiger partial charge is 0.254 e. The number of nitrogen functional groups attached to an aromatic ring is 1. The first-order chi connectivity index (χ1) is 13.1. The van der Waals surface area contributed by atoms with Gasteiger partial charge >= 0.3 is 0 Å². The lowest BCUT2D eigenvalue weighted by molar-refractivity contribution is -0.131. The lowest BCUT2D eigenvalue weighted by atomic mass is 10.1. The van der Waals surface area contributed by atoms with Gasteiger partial charge in [0.15, 0.2) is 6.10 Å². The van der Waals surface area contributed by atoms with Crippen molar-refractivity contribution < 1.29 is 9.53 Å². The molecule has 6 nitrogen and oxygen atoms in total. The minimum atomic E-state index is -0.644. The fourth-order valence-corrected chi connectivity index (χ4v) is 3.31. The molecule has 2 aromatic carbocycles. The number of rotatable bonds is 7. The summed E-state index contributed by atoms with van der Waals surface area (Å²) >= 11 is 0. The maximum Gasteiger partial charge on any atom is 0.254 e. The third-order valence-corrected chi connectivity index (χ3v) is 4.87. The molecule has 3 rings (SSSR count). The van der Waals surface area contributed by atoms with Crippen molar-refractivity contribution in [1.29, 1.82) is 5.41 Å². The van der Waals surface area contributed by atoms with Crippen LogP contribution in [0.4, 0.5) is 5.69 Å². The van der Waals surface area contributed by atoms with E-state index in [2.05, 4.69) is 22.3 Å². The summed E-state index contributed by atoms with van der Waals surface area (Å²) in [5.74, 6) is -0.149. The van der Waals surface area contributed by atoms with E-state index in [0.717, 1.165) is 24.2 Å². The molecule has 0 aliphatic carbocycles. The zero-order valence-corrected chi connectivity index (χ0v) is 16.8. The van der Waals surface area contributed by atoms with E-state index >= 15 is 0 Å². The minimum Gasteiger partial charge on any atom is -0.384 e. The number of carbonyl (C=O) groups is 1. The van der Waals surface area contributed by atoms with Gasteiger partial charge in [-0.25, -0.2) is 0 Å². The Labute approximate surface area is 172 Å². The van der Waals surface area contributed by atoms with Crippen molar-refractivity contribution in [3.63, 3.8) is 0 Å². The third kappa shape index (κ3) is 5.24. The number of methoxy groups -OCH3 is 1. The molecule has 2 aromatic rings. The Morgan fingerprint density at radius 3 is 2.29 bits per heavy atom. The first kappa shape index (κ1) is 21.7. The molecule has 4 N–H and O–H groups in total. The van der Waals surface area contributed by atoms with E-state index in [9.17, 15) is 4.79 Å². The molecule has 0 saturated carbocycles. The van der Waals surface area contributed by atoms with Crippen LogP contribution in [0.3, 0.4) is 0 Å². The number of nitrogens with two attached hydrogens (primary N) is 1. The van der Waals surface area contributed by atoms with Crippen LogP contribution in [-0.4, -0.2) is 31.9 Å². The number of amidine groups is 1. The molecule has 0 spiro atoms. The van der Waals surface area contributed by atoms with Gasteiger partial charge in [0.05, 0.1) is 0 Å². The van der Waals surface area contributed by atoms with Crippen molar-refractivity contribution in [3.8, 4) is 0 Å². The van der Waals surface area contributed by atoms with Crippen molar-refractivity contribution >= 4 is 29.8 Å². The second-order valence-corrected chi connectivity index (χ2v) is 6.73. The topological polar surface area (TPSA) is 91.4 Å². The predicted molar refractivity (Wildman–Crippen MR) is 114 cm³/mol. The Bertz CT molecular complexity index is 787. The van der Waals surface area contributed by atoms with Gasteiger partial charge in [-0.3, -0.25) is 10.2 Å². The van der Waals surface area contributed by atoms with Crippen molar-refractivity contribution in [2.75, 3.05) is 25.1 Å². The van der Waals surface area contributed by atoms with Gasteiger partial charge in [-0.1, -0.05) is 36.4 Å². The number of halogens is 1. The van der Waals surface area contributed by atoms with E-state index in [1.165, 1.54) is 18.5 Å². The zero-order chi connectivity index (χ0) is 19.2. The molecular formula is C21H27ClN4O2. The monoisotopic (exact) mass is 402 g/mol. The molecule has 150 valence electrons. The second-order valence-electron chi connectivity index (χ2n) is 6.73. The number of amides is 1. The number of hydrogen-bond acceptors (Lipinski definition) is 4. The van der Waals surface area contributed by atoms with Crippen LogP contribution in [0.15, 0.2) is 48.5 Å². The van der Waals surface area contributed by atoms with E-state index in [0.29, 0.717) is 12.1 Å². The van der Waals surface area contributed by atoms with Crippen LogP contribution in [0.25, 0.3) is 0 Å². The molecule has 7 heteroatoms. The van der Waals surface area contributed by atoms with Gasteiger partial charge in [-0.15, -0.1) is 12.4 Å². The molecule has 1 aliphatic rings. The normalized spacial score (nSPS) is 14.2. The summed E-state index contributed by atoms with van der Waals surface area (Å²) in [5, 5.41) is 10.3. The first-order valence-corrected chi connectivity index (χ1v) is 9.17. The van der Waals surface area contributed by atoms with Crippen LogP contribution in [0.5, 0.6) is 0 Å². The fraction of sp³-hybridized carbons (Fsp3) is 0.333. The summed E-state index contributed by atoms with van der Waals surface area (Å²) < 4.78 is 5.43. The molecule has 1 aliphatic heterocycles. The first-order valence-electron chi connectivity index (χ1n) is 9.17. The van der Waals surface area contributed by atoms with Gasteiger partial charge in [0, 0.05) is 38.0 Å². The number of carbonyl (C=O) groups excluding carboxylic acids is 1. The standard InChI is InChI=1S/C21H26N4O2.ClH/c1-27-19(16-8-10-18(11-9-16)25-12-2-3-13-25)21(26)24-14-15-4-6-17(7-5-15)20(22)23;/h4-11,19H,2-3,12-14H2,1H3,(H3,22,23)(H,24,26);1H. The van der Waals surface area contributed by atoms with Gasteiger partial charge in [-0.05, 0) is 36.1 Å². The summed E-state index contributed by atoms with van der Waals surface area (Å²) in [4.78, 5) is 14.9. The number of ether oxygens (including phenoxy) is 1. The number of hydrogen-bond donors (Lipinski definition) is 3. The van der Waals surface area contributed by atoms with Crippen LogP contribution in [0.1, 0.15) is 35.6 Å². The molecule has 1 heterocycles. The largest absolute Gasteiger partial charge is 0.384 e. The van der Waals surface area contributed by atoms with Crippen LogP contribution < -0.4 is 16.0 Å². The highest BCUT2D eigenvalue weighted by atomic mass is 35.5. The van der Waals surface area contributed by atoms with Crippen LogP contribution in [0.2, 0.25) is 0 Å². The quantitative estimate of drug-likeness (QED) is 0.490. The van der Waals surface area contributed by atoms with Gasteiger partial charge in [0.1, 0.15) is 5.84 Å². The summed E-state index contributed by atoms with van der Waals surface area (Å²) in [6, 6.07) is 15.3. The molecule has 1 unspecified atom stereocenters. The lowest BCUT2D eigenvalue weighted by Crippen LogP contribution is -2.30. The van der Waals surface area contributed by atoms with E-state index < -0.39 is 6.10 Å². The van der Waals surface area contributed by atoms with Gasteiger partial charge in [-0.2, -0.15) is 0 Å². The van der Waals surface area contributed by atoms with Gasteiger partial charge in [0.2, 0.25) is 0 Å². The summed E-state index contributed by atoms with van der Waals surface area (Å²) in [5.41, 5.74) is 9.08. The average Bonchev–Trinajstić information content (AvgIpc) is 3.22. The fourth-order valence-electron chi connectivity index (χ4n) is 3.31. The molecule has 0 aromatic heterocycles. The molecular weight excluding hydrogens is 376 g/mol. The average molecular weight is 403 g/mol. The van der Waals surface area contributed by atoms with E-state index in [-0.39, 0.29) is 24.1 Å². The highest BCUT2D eigenvalue weighted by molar-refractivity contribution is 5.94. The van der Waals surface area contributed by atoms with Crippen molar-refractivity contribution in [2.24, 2.45) is 5.73 Å². The highest BCUT2D eigenvalue weighted by Gasteiger charge is 2.20. The van der Waals surface area contributed by atoms with E-state index in [1.807, 2.05) is 24.3 Å². The summed E-state index contributed by atoms with van der Waals surface area (Å²) in [6.45, 7) is 2.58. The van der Waals surface area contributed by atoms with Crippen molar-refractivity contribution in [2.45, 2.75) is 25.5 Å². The van der Waals surface area contributed by atoms with Crippen LogP contribution >= 0.6 is 12.4 Å². The molecule has 1 saturated heterocycles. The molecule has 0 bridgehead atoms. The molecule has 1 atom stereocenters. The second kappa shape index (κ2) is 10.1. The molecule has 28 heavy (non-hydrogen) atoms. The van der Waals surface area contributed by atoms with E-state index in [4.69, 9.17) is 15.9 Å². The third-order valence-electron chi connectivity index (χ3n) is 4.87. The predicted octanol–water partition coefficient (Wildman–Crippen LogP) is 3.00. The Hall–Kier alpha value is -2.57. The number of nitrogens with one attached hydrogen (secondary N) is 2. The maximum absolute atomic E-state index is 12.6. The Balaban J connectivity index is 0.00000280. The number of benzene rings is 2. The van der Waals surface area contributed by atoms with Crippen molar-refractivity contribution in [1.82, 2.24) is 5.32 Å². The maximum atomic E-state index is 12.6. The molecule has 1 amide bonds. The SMILES string of the molecule is COC(C(=O)NCc1ccc(C(=N)N)cc1)c1ccc(N2CCCC2)cc1.Cl. The summed E-state index contributed by atoms with van der Waals surface area (Å²) in [7, 11) is 1.54. The summed E-state index contributed by atoms with van der Waals surface area (Å²) in [6.07, 6.45) is 1.82. The van der Waals surface area contributed by atoms with Crippen LogP contribution in [-0.2, 0) is 16.1 Å². The van der Waals surface area contributed by atoms with E-state index in [1.54, 1.807) is 19.2 Å². The Morgan fingerprint density at radius 1 is 1.14 bits per heavy atom. The van der Waals surface area contributed by atoms with Gasteiger partial charge in [0.25, 0.3) is 5.91 Å². The highest BCUT2D eigenvalue weighted by Crippen LogP contribution is 2.24. The Morgan fingerprint density at radius 2 is 1.75 bits per heavy atom. The van der Waals surface area contributed by atoms with Gasteiger partial charge < -0.3 is 20.7 Å². The van der Waals surface area contributed by atoms with Crippen molar-refractivity contribution in [3.05, 3.63) is 65.2 Å². The number of anilines is 1.